The topological polar surface area (TPSA) is 69.7 Å². The summed E-state index contributed by atoms with van der Waals surface area (Å²) in [6, 6.07) is 0. The fourth-order valence-corrected chi connectivity index (χ4v) is 4.53. The van der Waals surface area contributed by atoms with Crippen molar-refractivity contribution in [1.29, 1.82) is 0 Å². The van der Waals surface area contributed by atoms with Crippen molar-refractivity contribution in [3.63, 3.8) is 0 Å². The van der Waals surface area contributed by atoms with Crippen molar-refractivity contribution in [3.05, 3.63) is 22.8 Å². The van der Waals surface area contributed by atoms with Crippen LogP contribution in [-0.2, 0) is 23.5 Å². The van der Waals surface area contributed by atoms with E-state index in [2.05, 4.69) is 61.6 Å². The predicted octanol–water partition coefficient (Wildman–Crippen LogP) is 4.41. The number of fused-ring (bicyclic) bond motifs is 2. The third kappa shape index (κ3) is 3.99. The van der Waals surface area contributed by atoms with Gasteiger partial charge in [0, 0.05) is 0 Å². The molecule has 2 aliphatic rings. The Morgan fingerprint density at radius 2 is 1.65 bits per heavy atom. The van der Waals surface area contributed by atoms with Gasteiger partial charge in [-0.1, -0.05) is 41.5 Å². The molecule has 0 amide bonds. The van der Waals surface area contributed by atoms with Gasteiger partial charge in [0.2, 0.25) is 5.79 Å². The number of carbonyl (C=O) groups excluding carboxylic acids is 3. The smallest absolute Gasteiger partial charge is 0.373 e. The number of Topliss-reactive ketones (excluding diaryl/α,β-unsaturated/α-hetero) is 1. The largest absolute Gasteiger partial charge is 0.383 e. The van der Waals surface area contributed by atoms with Gasteiger partial charge in [0.1, 0.15) is 6.10 Å². The van der Waals surface area contributed by atoms with E-state index < -0.39 is 14.1 Å². The van der Waals surface area contributed by atoms with Gasteiger partial charge in [-0.2, -0.15) is 9.59 Å². The van der Waals surface area contributed by atoms with Crippen molar-refractivity contribution in [3.8, 4) is 0 Å². The molecule has 0 aromatic rings. The highest BCUT2D eigenvalue weighted by atomic mass is 28.4. The van der Waals surface area contributed by atoms with Crippen molar-refractivity contribution < 1.29 is 23.5 Å². The lowest BCUT2D eigenvalue weighted by molar-refractivity contribution is -0.191. The van der Waals surface area contributed by atoms with Gasteiger partial charge in [-0.25, -0.2) is 0 Å². The van der Waals surface area contributed by atoms with Crippen molar-refractivity contribution in [1.82, 2.24) is 0 Å². The lowest BCUT2D eigenvalue weighted by Crippen LogP contribution is -2.50. The zero-order valence-corrected chi connectivity index (χ0v) is 18.7. The minimum absolute atomic E-state index is 0.0529. The van der Waals surface area contributed by atoms with Crippen molar-refractivity contribution in [2.45, 2.75) is 85.4 Å². The molecule has 2 unspecified atom stereocenters. The number of hydrogen-bond acceptors (Lipinski definition) is 5. The number of hydrogen-bond donors (Lipinski definition) is 0. The Labute approximate surface area is 158 Å². The average Bonchev–Trinajstić information content (AvgIpc) is 2.87. The first-order valence-electron chi connectivity index (χ1n) is 8.87. The molecule has 0 saturated carbocycles. The zero-order valence-electron chi connectivity index (χ0n) is 17.7. The average molecular weight is 381 g/mol. The molecule has 0 saturated heterocycles. The van der Waals surface area contributed by atoms with Crippen LogP contribution < -0.4 is 0 Å². The second kappa shape index (κ2) is 7.00. The number of ketones is 1. The summed E-state index contributed by atoms with van der Waals surface area (Å²) < 4.78 is 13.0. The van der Waals surface area contributed by atoms with Crippen molar-refractivity contribution in [2.24, 2.45) is 5.41 Å². The van der Waals surface area contributed by atoms with Crippen LogP contribution >= 0.6 is 0 Å². The highest BCUT2D eigenvalue weighted by Crippen LogP contribution is 2.55. The first-order chi connectivity index (χ1) is 11.5. The summed E-state index contributed by atoms with van der Waals surface area (Å²) in [6.45, 7) is 21.1. The van der Waals surface area contributed by atoms with Gasteiger partial charge in [0.05, 0.1) is 5.57 Å². The molecule has 0 aromatic carbocycles. The maximum Gasteiger partial charge on any atom is 0.373 e. The molecule has 0 N–H and O–H groups in total. The minimum Gasteiger partial charge on any atom is -0.383 e. The maximum atomic E-state index is 12.5. The van der Waals surface area contributed by atoms with E-state index in [0.29, 0.717) is 0 Å². The second-order valence-electron chi connectivity index (χ2n) is 9.59. The van der Waals surface area contributed by atoms with E-state index in [1.807, 2.05) is 6.08 Å². The van der Waals surface area contributed by atoms with E-state index in [1.54, 1.807) is 6.92 Å². The van der Waals surface area contributed by atoms with Crippen LogP contribution in [0, 0.1) is 5.41 Å². The Morgan fingerprint density at radius 3 is 2.00 bits per heavy atom. The number of rotatable bonds is 3. The van der Waals surface area contributed by atoms with Crippen LogP contribution in [-0.4, -0.2) is 32.1 Å². The summed E-state index contributed by atoms with van der Waals surface area (Å²) in [5.74, 6) is -0.925. The van der Waals surface area contributed by atoms with Crippen LogP contribution in [0.2, 0.25) is 18.1 Å². The molecule has 6 heteroatoms. The van der Waals surface area contributed by atoms with Gasteiger partial charge >= 0.3 is 6.15 Å². The molecule has 0 aromatic heterocycles. The first-order valence-corrected chi connectivity index (χ1v) is 11.8. The molecular weight excluding hydrogens is 348 g/mol. The first kappa shape index (κ1) is 22.7. The molecule has 2 aliphatic heterocycles. The van der Waals surface area contributed by atoms with E-state index in [1.165, 1.54) is 0 Å². The standard InChI is InChI=1S/C19H32O3Si.CO2/c1-12-11-19(22-23(9,10)18(6,7)8)14(13(2)20)15(16(12)21-19)17(3,4)5;2-1-3/h11,16H,1-10H3;. The summed E-state index contributed by atoms with van der Waals surface area (Å²) in [4.78, 5) is 28.8. The van der Waals surface area contributed by atoms with Gasteiger partial charge in [0.15, 0.2) is 14.1 Å². The summed E-state index contributed by atoms with van der Waals surface area (Å²) in [5.41, 5.74) is 2.84. The Hall–Kier alpha value is -1.33. The molecule has 2 heterocycles. The summed E-state index contributed by atoms with van der Waals surface area (Å²) in [5, 5.41) is 0.0529. The minimum atomic E-state index is -2.10. The van der Waals surface area contributed by atoms with Crippen LogP contribution in [0.25, 0.3) is 0 Å². The Balaban J connectivity index is 0.00000105. The maximum absolute atomic E-state index is 12.5. The summed E-state index contributed by atoms with van der Waals surface area (Å²) in [7, 11) is -2.10. The number of ether oxygens (including phenoxy) is 1. The lowest BCUT2D eigenvalue weighted by atomic mass is 9.75. The molecule has 0 radical (unpaired) electrons. The molecule has 0 spiro atoms. The lowest BCUT2D eigenvalue weighted by Gasteiger charge is -2.42. The molecule has 26 heavy (non-hydrogen) atoms. The molecule has 2 rings (SSSR count). The van der Waals surface area contributed by atoms with E-state index >= 15 is 0 Å². The van der Waals surface area contributed by atoms with Crippen molar-refractivity contribution >= 4 is 20.3 Å². The van der Waals surface area contributed by atoms with Gasteiger partial charge < -0.3 is 9.16 Å². The van der Waals surface area contributed by atoms with E-state index in [0.717, 1.165) is 16.7 Å². The predicted molar refractivity (Wildman–Crippen MR) is 102 cm³/mol. The third-order valence-corrected chi connectivity index (χ3v) is 9.80. The highest BCUT2D eigenvalue weighted by Gasteiger charge is 2.58. The van der Waals surface area contributed by atoms with Crippen LogP contribution in [0.5, 0.6) is 0 Å². The summed E-state index contributed by atoms with van der Waals surface area (Å²) in [6.07, 6.45) is 2.16. The van der Waals surface area contributed by atoms with Crippen LogP contribution in [0.1, 0.15) is 55.4 Å². The van der Waals surface area contributed by atoms with Crippen molar-refractivity contribution in [2.75, 3.05) is 0 Å². The normalized spacial score (nSPS) is 25.5. The van der Waals surface area contributed by atoms with Gasteiger partial charge in [-0.15, -0.1) is 0 Å². The van der Waals surface area contributed by atoms with Gasteiger partial charge in [-0.05, 0) is 54.6 Å². The SMILES string of the molecule is CC(=O)C1=C(C(C)(C)C)C2OC1(O[Si](C)(C)C(C)(C)C)C=C2C.O=C=O. The molecule has 2 atom stereocenters. The molecule has 146 valence electrons. The van der Waals surface area contributed by atoms with E-state index in [-0.39, 0.29) is 28.5 Å². The Kier molecular flexibility index (Phi) is 6.12. The quantitative estimate of drug-likeness (QED) is 0.536. The van der Waals surface area contributed by atoms with Gasteiger partial charge in [-0.3, -0.25) is 4.79 Å². The summed E-state index contributed by atoms with van der Waals surface area (Å²) >= 11 is 0. The van der Waals surface area contributed by atoms with Crippen LogP contribution in [0.4, 0.5) is 0 Å². The molecular formula is C20H32O5Si. The Bertz CT molecular complexity index is 682. The Morgan fingerprint density at radius 1 is 1.19 bits per heavy atom. The second-order valence-corrected chi connectivity index (χ2v) is 14.3. The molecule has 0 aliphatic carbocycles. The van der Waals surface area contributed by atoms with Crippen LogP contribution in [0.3, 0.4) is 0 Å². The monoisotopic (exact) mass is 380 g/mol. The highest BCUT2D eigenvalue weighted by molar-refractivity contribution is 6.74. The molecule has 0 fully saturated rings. The zero-order chi connectivity index (χ0) is 20.7. The van der Waals surface area contributed by atoms with E-state index in [4.69, 9.17) is 18.8 Å². The molecule has 2 bridgehead atoms. The van der Waals surface area contributed by atoms with Crippen LogP contribution in [0.15, 0.2) is 22.8 Å². The van der Waals surface area contributed by atoms with Gasteiger partial charge in [0.25, 0.3) is 0 Å². The number of carbonyl (C=O) groups is 1. The van der Waals surface area contributed by atoms with E-state index in [9.17, 15) is 4.79 Å². The third-order valence-electron chi connectivity index (χ3n) is 5.38. The fraction of sp³-hybridized carbons (Fsp3) is 0.700. The fourth-order valence-electron chi connectivity index (χ4n) is 3.25. The molecule has 5 nitrogen and oxygen atoms in total.